The molecule has 2 aliphatic heterocycles. The lowest BCUT2D eigenvalue weighted by Gasteiger charge is -2.32. The Morgan fingerprint density at radius 3 is 2.45 bits per heavy atom. The number of rotatable bonds is 4. The van der Waals surface area contributed by atoms with E-state index in [9.17, 15) is 4.79 Å². The fourth-order valence-electron chi connectivity index (χ4n) is 3.60. The van der Waals surface area contributed by atoms with E-state index in [2.05, 4.69) is 40.5 Å². The lowest BCUT2D eigenvalue weighted by Crippen LogP contribution is -2.39. The first-order valence-electron chi connectivity index (χ1n) is 8.33. The SMILES string of the molecule is Cl.O=C(CC1CCNC1)N1CCC(Cc2ccccc2)CC1. The maximum atomic E-state index is 12.3. The molecule has 1 amide bonds. The average Bonchev–Trinajstić information content (AvgIpc) is 3.02. The van der Waals surface area contributed by atoms with E-state index in [4.69, 9.17) is 0 Å². The molecule has 1 aromatic rings. The van der Waals surface area contributed by atoms with Gasteiger partial charge in [0, 0.05) is 19.5 Å². The van der Waals surface area contributed by atoms with Crippen LogP contribution in [0.4, 0.5) is 0 Å². The van der Waals surface area contributed by atoms with Crippen LogP contribution in [0.3, 0.4) is 0 Å². The van der Waals surface area contributed by atoms with Gasteiger partial charge in [0.1, 0.15) is 0 Å². The number of nitrogens with one attached hydrogen (secondary N) is 1. The van der Waals surface area contributed by atoms with E-state index in [1.165, 1.54) is 5.56 Å². The zero-order valence-electron chi connectivity index (χ0n) is 13.2. The summed E-state index contributed by atoms with van der Waals surface area (Å²) in [7, 11) is 0. The summed E-state index contributed by atoms with van der Waals surface area (Å²) in [5, 5.41) is 3.34. The number of amides is 1. The number of hydrogen-bond donors (Lipinski definition) is 1. The number of piperidine rings is 1. The quantitative estimate of drug-likeness (QED) is 0.924. The van der Waals surface area contributed by atoms with Gasteiger partial charge in [-0.05, 0) is 56.2 Å². The summed E-state index contributed by atoms with van der Waals surface area (Å²) in [6.07, 6.45) is 5.38. The molecule has 1 unspecified atom stereocenters. The van der Waals surface area contributed by atoms with Gasteiger partial charge in [-0.2, -0.15) is 0 Å². The van der Waals surface area contributed by atoms with Crippen molar-refractivity contribution < 1.29 is 4.79 Å². The number of halogens is 1. The molecule has 2 heterocycles. The van der Waals surface area contributed by atoms with Gasteiger partial charge < -0.3 is 10.2 Å². The third-order valence-electron chi connectivity index (χ3n) is 4.96. The molecule has 22 heavy (non-hydrogen) atoms. The van der Waals surface area contributed by atoms with Gasteiger partial charge in [0.2, 0.25) is 5.91 Å². The highest BCUT2D eigenvalue weighted by Crippen LogP contribution is 2.23. The molecule has 4 heteroatoms. The number of hydrogen-bond acceptors (Lipinski definition) is 2. The summed E-state index contributed by atoms with van der Waals surface area (Å²) in [4.78, 5) is 14.4. The van der Waals surface area contributed by atoms with E-state index in [0.717, 1.165) is 64.2 Å². The van der Waals surface area contributed by atoms with E-state index >= 15 is 0 Å². The van der Waals surface area contributed by atoms with Crippen LogP contribution in [0.5, 0.6) is 0 Å². The Kier molecular flexibility index (Phi) is 6.71. The zero-order chi connectivity index (χ0) is 14.5. The smallest absolute Gasteiger partial charge is 0.222 e. The molecule has 0 saturated carbocycles. The predicted octanol–water partition coefficient (Wildman–Crippen LogP) is 2.89. The van der Waals surface area contributed by atoms with Crippen molar-refractivity contribution in [1.82, 2.24) is 10.2 Å². The number of carbonyl (C=O) groups is 1. The van der Waals surface area contributed by atoms with Gasteiger partial charge in [0.15, 0.2) is 0 Å². The molecule has 2 fully saturated rings. The number of likely N-dealkylation sites (tertiary alicyclic amines) is 1. The molecule has 0 radical (unpaired) electrons. The van der Waals surface area contributed by atoms with Crippen molar-refractivity contribution >= 4 is 18.3 Å². The van der Waals surface area contributed by atoms with Gasteiger partial charge >= 0.3 is 0 Å². The van der Waals surface area contributed by atoms with Crippen LogP contribution < -0.4 is 5.32 Å². The van der Waals surface area contributed by atoms with Crippen LogP contribution in [0.25, 0.3) is 0 Å². The summed E-state index contributed by atoms with van der Waals surface area (Å²) in [6.45, 7) is 4.01. The predicted molar refractivity (Wildman–Crippen MR) is 92.3 cm³/mol. The normalized spacial score (nSPS) is 22.4. The Balaban J connectivity index is 0.00000176. The lowest BCUT2D eigenvalue weighted by atomic mass is 9.90. The van der Waals surface area contributed by atoms with Crippen LogP contribution in [0.2, 0.25) is 0 Å². The van der Waals surface area contributed by atoms with E-state index in [1.54, 1.807) is 0 Å². The van der Waals surface area contributed by atoms with Crippen molar-refractivity contribution in [1.29, 1.82) is 0 Å². The third-order valence-corrected chi connectivity index (χ3v) is 4.96. The van der Waals surface area contributed by atoms with Gasteiger partial charge in [-0.3, -0.25) is 4.79 Å². The zero-order valence-corrected chi connectivity index (χ0v) is 14.0. The minimum atomic E-state index is 0. The van der Waals surface area contributed by atoms with Gasteiger partial charge in [-0.25, -0.2) is 0 Å². The third kappa shape index (κ3) is 4.72. The molecule has 0 aliphatic carbocycles. The largest absolute Gasteiger partial charge is 0.343 e. The Labute approximate surface area is 139 Å². The lowest BCUT2D eigenvalue weighted by molar-refractivity contribution is -0.133. The Morgan fingerprint density at radius 1 is 1.09 bits per heavy atom. The maximum absolute atomic E-state index is 12.3. The summed E-state index contributed by atoms with van der Waals surface area (Å²) in [5.41, 5.74) is 1.43. The highest BCUT2D eigenvalue weighted by molar-refractivity contribution is 5.85. The molecule has 1 N–H and O–H groups in total. The first-order valence-corrected chi connectivity index (χ1v) is 8.33. The van der Waals surface area contributed by atoms with Crippen molar-refractivity contribution in [2.75, 3.05) is 26.2 Å². The number of nitrogens with zero attached hydrogens (tertiary/aromatic N) is 1. The van der Waals surface area contributed by atoms with E-state index in [-0.39, 0.29) is 12.4 Å². The van der Waals surface area contributed by atoms with Gasteiger partial charge in [-0.15, -0.1) is 12.4 Å². The van der Waals surface area contributed by atoms with Crippen molar-refractivity contribution in [3.05, 3.63) is 35.9 Å². The number of carbonyl (C=O) groups excluding carboxylic acids is 1. The Morgan fingerprint density at radius 2 is 1.82 bits per heavy atom. The second-order valence-electron chi connectivity index (χ2n) is 6.58. The molecular formula is C18H27ClN2O. The summed E-state index contributed by atoms with van der Waals surface area (Å²) in [5.74, 6) is 1.69. The molecule has 122 valence electrons. The van der Waals surface area contributed by atoms with Crippen LogP contribution in [-0.2, 0) is 11.2 Å². The summed E-state index contributed by atoms with van der Waals surface area (Å²) < 4.78 is 0. The molecule has 1 atom stereocenters. The molecule has 0 bridgehead atoms. The maximum Gasteiger partial charge on any atom is 0.222 e. The summed E-state index contributed by atoms with van der Waals surface area (Å²) >= 11 is 0. The minimum absolute atomic E-state index is 0. The molecule has 3 rings (SSSR count). The van der Waals surface area contributed by atoms with Crippen molar-refractivity contribution in [3.8, 4) is 0 Å². The molecular weight excluding hydrogens is 296 g/mol. The fourth-order valence-corrected chi connectivity index (χ4v) is 3.60. The van der Waals surface area contributed by atoms with E-state index in [0.29, 0.717) is 11.8 Å². The van der Waals surface area contributed by atoms with Gasteiger partial charge in [-0.1, -0.05) is 30.3 Å². The van der Waals surface area contributed by atoms with Crippen LogP contribution >= 0.6 is 12.4 Å². The van der Waals surface area contributed by atoms with Crippen molar-refractivity contribution in [2.45, 2.75) is 32.1 Å². The topological polar surface area (TPSA) is 32.3 Å². The van der Waals surface area contributed by atoms with Crippen LogP contribution in [0.15, 0.2) is 30.3 Å². The molecule has 1 aromatic carbocycles. The fraction of sp³-hybridized carbons (Fsp3) is 0.611. The molecule has 0 aromatic heterocycles. The molecule has 0 spiro atoms. The number of benzene rings is 1. The highest BCUT2D eigenvalue weighted by Gasteiger charge is 2.25. The molecule has 2 aliphatic rings. The molecule has 2 saturated heterocycles. The first-order chi connectivity index (χ1) is 10.3. The second-order valence-corrected chi connectivity index (χ2v) is 6.58. The van der Waals surface area contributed by atoms with Crippen LogP contribution in [0.1, 0.15) is 31.2 Å². The standard InChI is InChI=1S/C18H26N2O.ClH/c21-18(13-17-6-9-19-14-17)20-10-7-16(8-11-20)12-15-4-2-1-3-5-15;/h1-5,16-17,19H,6-14H2;1H. The van der Waals surface area contributed by atoms with Gasteiger partial charge in [0.05, 0.1) is 0 Å². The monoisotopic (exact) mass is 322 g/mol. The Bertz CT molecular complexity index is 451. The first kappa shape index (κ1) is 17.3. The Hall–Kier alpha value is -1.06. The highest BCUT2D eigenvalue weighted by atomic mass is 35.5. The minimum Gasteiger partial charge on any atom is -0.343 e. The van der Waals surface area contributed by atoms with Crippen molar-refractivity contribution in [3.63, 3.8) is 0 Å². The second kappa shape index (κ2) is 8.54. The van der Waals surface area contributed by atoms with Crippen molar-refractivity contribution in [2.24, 2.45) is 11.8 Å². The average molecular weight is 323 g/mol. The van der Waals surface area contributed by atoms with Gasteiger partial charge in [0.25, 0.3) is 0 Å². The van der Waals surface area contributed by atoms with E-state index in [1.807, 2.05) is 0 Å². The van der Waals surface area contributed by atoms with Crippen LogP contribution in [-0.4, -0.2) is 37.0 Å². The summed E-state index contributed by atoms with van der Waals surface area (Å²) in [6, 6.07) is 10.7. The van der Waals surface area contributed by atoms with E-state index < -0.39 is 0 Å². The van der Waals surface area contributed by atoms with Crippen LogP contribution in [0, 0.1) is 11.8 Å². The molecule has 3 nitrogen and oxygen atoms in total.